The van der Waals surface area contributed by atoms with Gasteiger partial charge in [0.25, 0.3) is 0 Å². The van der Waals surface area contributed by atoms with Crippen LogP contribution in [0.2, 0.25) is 0 Å². The number of allylic oxidation sites excluding steroid dienone is 2. The molecule has 2 N–H and O–H groups in total. The highest BCUT2D eigenvalue weighted by atomic mass is 15.4. The SMILES string of the molecule is C=C/C(C)=C(\C)C1CC2(CC)CC2NN1. The fourth-order valence-corrected chi connectivity index (χ4v) is 2.67. The maximum atomic E-state index is 3.84. The summed E-state index contributed by atoms with van der Waals surface area (Å²) in [5, 5.41) is 0. The van der Waals surface area contributed by atoms with Crippen LogP contribution >= 0.6 is 0 Å². The Labute approximate surface area is 92.8 Å². The first-order valence-corrected chi connectivity index (χ1v) is 5.94. The lowest BCUT2D eigenvalue weighted by Crippen LogP contribution is -2.50. The van der Waals surface area contributed by atoms with Crippen LogP contribution < -0.4 is 10.9 Å². The Bertz CT molecular complexity index is 306. The third-order valence-corrected chi connectivity index (χ3v) is 4.39. The van der Waals surface area contributed by atoms with Crippen LogP contribution in [0.15, 0.2) is 23.8 Å². The second kappa shape index (κ2) is 3.76. The summed E-state index contributed by atoms with van der Waals surface area (Å²) < 4.78 is 0. The van der Waals surface area contributed by atoms with E-state index >= 15 is 0 Å². The van der Waals surface area contributed by atoms with E-state index < -0.39 is 0 Å². The van der Waals surface area contributed by atoms with Crippen LogP contribution in [0.25, 0.3) is 0 Å². The third-order valence-electron chi connectivity index (χ3n) is 4.39. The highest BCUT2D eigenvalue weighted by molar-refractivity contribution is 5.27. The van der Waals surface area contributed by atoms with Gasteiger partial charge in [0, 0.05) is 12.1 Å². The van der Waals surface area contributed by atoms with Crippen LogP contribution in [0.4, 0.5) is 0 Å². The molecule has 0 aromatic heterocycles. The molecule has 2 rings (SSSR count). The van der Waals surface area contributed by atoms with Crippen molar-refractivity contribution in [3.8, 4) is 0 Å². The molecule has 0 amide bonds. The molecule has 0 bridgehead atoms. The highest BCUT2D eigenvalue weighted by Crippen LogP contribution is 2.54. The molecular weight excluding hydrogens is 184 g/mol. The lowest BCUT2D eigenvalue weighted by Gasteiger charge is -2.31. The van der Waals surface area contributed by atoms with Gasteiger partial charge in [-0.15, -0.1) is 0 Å². The van der Waals surface area contributed by atoms with Gasteiger partial charge < -0.3 is 0 Å². The molecule has 15 heavy (non-hydrogen) atoms. The zero-order valence-electron chi connectivity index (χ0n) is 10.1. The molecule has 1 aliphatic heterocycles. The summed E-state index contributed by atoms with van der Waals surface area (Å²) in [4.78, 5) is 0. The lowest BCUT2D eigenvalue weighted by atomic mass is 9.87. The van der Waals surface area contributed by atoms with Crippen molar-refractivity contribution in [2.24, 2.45) is 5.41 Å². The van der Waals surface area contributed by atoms with Gasteiger partial charge in [0.2, 0.25) is 0 Å². The summed E-state index contributed by atoms with van der Waals surface area (Å²) in [6.07, 6.45) is 5.86. The summed E-state index contributed by atoms with van der Waals surface area (Å²) in [5.41, 5.74) is 10.2. The number of hydrogen-bond donors (Lipinski definition) is 2. The minimum absolute atomic E-state index is 0.488. The molecule has 84 valence electrons. The third kappa shape index (κ3) is 1.77. The van der Waals surface area contributed by atoms with Crippen LogP contribution in [0.1, 0.15) is 40.0 Å². The van der Waals surface area contributed by atoms with Gasteiger partial charge in [0.15, 0.2) is 0 Å². The summed E-state index contributed by atoms with van der Waals surface area (Å²) >= 11 is 0. The number of fused-ring (bicyclic) bond motifs is 1. The fourth-order valence-electron chi connectivity index (χ4n) is 2.67. The van der Waals surface area contributed by atoms with Gasteiger partial charge in [-0.05, 0) is 38.5 Å². The quantitative estimate of drug-likeness (QED) is 0.693. The van der Waals surface area contributed by atoms with E-state index in [2.05, 4.69) is 38.2 Å². The van der Waals surface area contributed by atoms with E-state index in [4.69, 9.17) is 0 Å². The van der Waals surface area contributed by atoms with Crippen LogP contribution in [-0.4, -0.2) is 12.1 Å². The Hall–Kier alpha value is -0.600. The molecule has 2 aliphatic rings. The number of hydrazine groups is 1. The van der Waals surface area contributed by atoms with Crippen molar-refractivity contribution in [3.05, 3.63) is 23.8 Å². The molecule has 2 nitrogen and oxygen atoms in total. The highest BCUT2D eigenvalue weighted by Gasteiger charge is 2.56. The second-order valence-corrected chi connectivity index (χ2v) is 5.09. The predicted octanol–water partition coefficient (Wildman–Crippen LogP) is 2.54. The van der Waals surface area contributed by atoms with Crippen molar-refractivity contribution < 1.29 is 0 Å². The minimum atomic E-state index is 0.488. The van der Waals surface area contributed by atoms with Crippen LogP contribution in [0.3, 0.4) is 0 Å². The van der Waals surface area contributed by atoms with Crippen molar-refractivity contribution in [1.29, 1.82) is 0 Å². The van der Waals surface area contributed by atoms with Crippen molar-refractivity contribution in [2.75, 3.05) is 0 Å². The van der Waals surface area contributed by atoms with E-state index in [1.165, 1.54) is 30.4 Å². The van der Waals surface area contributed by atoms with E-state index in [0.717, 1.165) is 6.04 Å². The summed E-state index contributed by atoms with van der Waals surface area (Å²) in [7, 11) is 0. The Balaban J connectivity index is 2.09. The molecule has 0 spiro atoms. The molecule has 2 fully saturated rings. The molecular formula is C13H22N2. The molecule has 1 aliphatic carbocycles. The Kier molecular flexibility index (Phi) is 2.73. The molecule has 0 aromatic carbocycles. The van der Waals surface area contributed by atoms with Crippen molar-refractivity contribution in [3.63, 3.8) is 0 Å². The molecule has 0 aromatic rings. The maximum absolute atomic E-state index is 3.84. The Morgan fingerprint density at radius 3 is 2.73 bits per heavy atom. The Morgan fingerprint density at radius 1 is 1.40 bits per heavy atom. The van der Waals surface area contributed by atoms with Gasteiger partial charge in [-0.1, -0.05) is 30.7 Å². The average molecular weight is 206 g/mol. The molecule has 1 heterocycles. The van der Waals surface area contributed by atoms with E-state index in [-0.39, 0.29) is 0 Å². The zero-order chi connectivity index (χ0) is 11.1. The molecule has 1 saturated carbocycles. The topological polar surface area (TPSA) is 24.1 Å². The van der Waals surface area contributed by atoms with Gasteiger partial charge in [-0.25, -0.2) is 0 Å². The van der Waals surface area contributed by atoms with Gasteiger partial charge in [0.1, 0.15) is 0 Å². The van der Waals surface area contributed by atoms with Crippen LogP contribution in [0.5, 0.6) is 0 Å². The monoisotopic (exact) mass is 206 g/mol. The van der Waals surface area contributed by atoms with E-state index in [1.54, 1.807) is 0 Å². The smallest absolute Gasteiger partial charge is 0.0431 e. The predicted molar refractivity (Wildman–Crippen MR) is 64.4 cm³/mol. The lowest BCUT2D eigenvalue weighted by molar-refractivity contribution is 0.270. The second-order valence-electron chi connectivity index (χ2n) is 5.09. The molecule has 1 saturated heterocycles. The largest absolute Gasteiger partial charge is 0.254 e. The first-order chi connectivity index (χ1) is 7.13. The standard InChI is InChI=1S/C13H22N2/c1-5-9(3)10(4)11-7-13(6-2)8-12(13)15-14-11/h5,11-12,14-15H,1,6-8H2,2-4H3/b10-9+. The molecule has 3 atom stereocenters. The van der Waals surface area contributed by atoms with Gasteiger partial charge in [-0.2, -0.15) is 0 Å². The molecule has 3 unspecified atom stereocenters. The van der Waals surface area contributed by atoms with Gasteiger partial charge in [-0.3, -0.25) is 10.9 Å². The fraction of sp³-hybridized carbons (Fsp3) is 0.692. The normalized spacial score (nSPS) is 40.5. The zero-order valence-corrected chi connectivity index (χ0v) is 10.1. The average Bonchev–Trinajstić information content (AvgIpc) is 3.00. The summed E-state index contributed by atoms with van der Waals surface area (Å²) in [6.45, 7) is 10.5. The first kappa shape index (κ1) is 10.9. The van der Waals surface area contributed by atoms with Crippen LogP contribution in [0, 0.1) is 5.41 Å². The van der Waals surface area contributed by atoms with Gasteiger partial charge >= 0.3 is 0 Å². The van der Waals surface area contributed by atoms with E-state index in [0.29, 0.717) is 11.5 Å². The first-order valence-electron chi connectivity index (χ1n) is 5.94. The van der Waals surface area contributed by atoms with Crippen molar-refractivity contribution in [1.82, 2.24) is 10.9 Å². The summed E-state index contributed by atoms with van der Waals surface area (Å²) in [5.74, 6) is 0. The maximum Gasteiger partial charge on any atom is 0.0431 e. The molecule has 2 heteroatoms. The van der Waals surface area contributed by atoms with Crippen molar-refractivity contribution >= 4 is 0 Å². The van der Waals surface area contributed by atoms with Gasteiger partial charge in [0.05, 0.1) is 0 Å². The molecule has 0 radical (unpaired) electrons. The van der Waals surface area contributed by atoms with Crippen LogP contribution in [-0.2, 0) is 0 Å². The van der Waals surface area contributed by atoms with Crippen molar-refractivity contribution in [2.45, 2.75) is 52.1 Å². The number of rotatable bonds is 3. The number of nitrogens with one attached hydrogen (secondary N) is 2. The van der Waals surface area contributed by atoms with E-state index in [9.17, 15) is 0 Å². The van der Waals surface area contributed by atoms with E-state index in [1.807, 2.05) is 6.08 Å². The minimum Gasteiger partial charge on any atom is -0.254 e. The Morgan fingerprint density at radius 2 is 2.13 bits per heavy atom. The summed E-state index contributed by atoms with van der Waals surface area (Å²) in [6, 6.07) is 1.21. The number of hydrogen-bond acceptors (Lipinski definition) is 2.